The quantitative estimate of drug-likeness (QED) is 0.619. The fourth-order valence-electron chi connectivity index (χ4n) is 2.19. The lowest BCUT2D eigenvalue weighted by Crippen LogP contribution is -2.12. The number of hydrogen-bond donors (Lipinski definition) is 0. The van der Waals surface area contributed by atoms with Gasteiger partial charge in [0.25, 0.3) is 0 Å². The van der Waals surface area contributed by atoms with Crippen LogP contribution in [-0.4, -0.2) is 18.2 Å². The maximum absolute atomic E-state index is 11.8. The first-order valence-corrected chi connectivity index (χ1v) is 7.21. The molecule has 1 aromatic carbocycles. The topological polar surface area (TPSA) is 26.3 Å². The van der Waals surface area contributed by atoms with Gasteiger partial charge in [-0.2, -0.15) is 0 Å². The molecule has 1 aromatic rings. The minimum absolute atomic E-state index is 0.277. The molecule has 0 spiro atoms. The van der Waals surface area contributed by atoms with Crippen LogP contribution in [0.3, 0.4) is 0 Å². The molecule has 2 nitrogen and oxygen atoms in total. The van der Waals surface area contributed by atoms with Crippen molar-refractivity contribution in [1.82, 2.24) is 0 Å². The van der Waals surface area contributed by atoms with Crippen molar-refractivity contribution in [2.75, 3.05) is 6.61 Å². The van der Waals surface area contributed by atoms with Crippen molar-refractivity contribution in [3.05, 3.63) is 59.7 Å². The van der Waals surface area contributed by atoms with Crippen molar-refractivity contribution in [3.8, 4) is 0 Å². The lowest BCUT2D eigenvalue weighted by molar-refractivity contribution is 0.0549. The summed E-state index contributed by atoms with van der Waals surface area (Å²) in [6.45, 7) is 4.42. The van der Waals surface area contributed by atoms with Gasteiger partial charge in [-0.15, -0.1) is 9.24 Å². The molecule has 3 heteroatoms. The second kappa shape index (κ2) is 6.68. The first-order valence-electron chi connectivity index (χ1n) is 6.54. The van der Waals surface area contributed by atoms with Gasteiger partial charge in [0, 0.05) is 0 Å². The molecule has 1 aliphatic carbocycles. The van der Waals surface area contributed by atoms with Gasteiger partial charge in [0.05, 0.1) is 5.56 Å². The van der Waals surface area contributed by atoms with Gasteiger partial charge in [-0.1, -0.05) is 24.8 Å². The summed E-state index contributed by atoms with van der Waals surface area (Å²) in [5, 5.41) is 0. The largest absolute Gasteiger partial charge is 0.458 e. The van der Waals surface area contributed by atoms with E-state index in [1.807, 2.05) is 24.3 Å². The van der Waals surface area contributed by atoms with Crippen LogP contribution in [0.1, 0.15) is 29.6 Å². The normalized spacial score (nSPS) is 21.4. The zero-order valence-electron chi connectivity index (χ0n) is 11.0. The Labute approximate surface area is 116 Å². The van der Waals surface area contributed by atoms with E-state index in [-0.39, 0.29) is 5.97 Å². The van der Waals surface area contributed by atoms with Gasteiger partial charge >= 0.3 is 5.97 Å². The first-order chi connectivity index (χ1) is 9.18. The Hall–Kier alpha value is -1.40. The summed E-state index contributed by atoms with van der Waals surface area (Å²) >= 11 is 0. The van der Waals surface area contributed by atoms with Crippen molar-refractivity contribution in [3.63, 3.8) is 0 Å². The van der Waals surface area contributed by atoms with E-state index >= 15 is 0 Å². The lowest BCUT2D eigenvalue weighted by Gasteiger charge is -2.23. The summed E-state index contributed by atoms with van der Waals surface area (Å²) < 4.78 is 5.25. The molecule has 2 atom stereocenters. The number of carbonyl (C=O) groups is 1. The molecule has 100 valence electrons. The number of hydrogen-bond acceptors (Lipinski definition) is 2. The van der Waals surface area contributed by atoms with Crippen molar-refractivity contribution in [1.29, 1.82) is 0 Å². The molecule has 1 saturated carbocycles. The standard InChI is InChI=1S/C16H19O2P/c1-12-13(8-5-9-15(12)19)10-11-18-16(17)14-6-3-2-4-7-14/h2-4,6-7,10,15H,1,5,8-9,11,19H2/b13-10-. The molecular formula is C16H19O2P. The molecular weight excluding hydrogens is 255 g/mol. The van der Waals surface area contributed by atoms with Crippen LogP contribution in [0.25, 0.3) is 0 Å². The van der Waals surface area contributed by atoms with Crippen LogP contribution in [-0.2, 0) is 4.74 Å². The summed E-state index contributed by atoms with van der Waals surface area (Å²) in [7, 11) is 2.82. The van der Waals surface area contributed by atoms with Gasteiger partial charge in [0.2, 0.25) is 0 Å². The number of benzene rings is 1. The van der Waals surface area contributed by atoms with Crippen LogP contribution >= 0.6 is 9.24 Å². The zero-order chi connectivity index (χ0) is 13.7. The molecule has 0 radical (unpaired) electrons. The second-order valence-corrected chi connectivity index (χ2v) is 5.52. The molecule has 2 unspecified atom stereocenters. The number of rotatable bonds is 3. The molecule has 2 rings (SSSR count). The Balaban J connectivity index is 1.89. The van der Waals surface area contributed by atoms with Gasteiger partial charge in [-0.25, -0.2) is 4.79 Å². The van der Waals surface area contributed by atoms with Crippen molar-refractivity contribution < 1.29 is 9.53 Å². The van der Waals surface area contributed by atoms with Crippen LogP contribution in [0.15, 0.2) is 54.1 Å². The van der Waals surface area contributed by atoms with Crippen molar-refractivity contribution in [2.45, 2.75) is 24.9 Å². The van der Waals surface area contributed by atoms with E-state index in [2.05, 4.69) is 15.8 Å². The lowest BCUT2D eigenvalue weighted by atomic mass is 9.90. The third kappa shape index (κ3) is 3.78. The minimum Gasteiger partial charge on any atom is -0.458 e. The minimum atomic E-state index is -0.277. The summed E-state index contributed by atoms with van der Waals surface area (Å²) in [5.41, 5.74) is 3.44. The van der Waals surface area contributed by atoms with Gasteiger partial charge in [-0.3, -0.25) is 0 Å². The molecule has 0 N–H and O–H groups in total. The van der Waals surface area contributed by atoms with Gasteiger partial charge in [0.15, 0.2) is 0 Å². The maximum Gasteiger partial charge on any atom is 0.338 e. The number of carbonyl (C=O) groups excluding carboxylic acids is 1. The van der Waals surface area contributed by atoms with Crippen molar-refractivity contribution >= 4 is 15.2 Å². The third-order valence-electron chi connectivity index (χ3n) is 3.37. The summed E-state index contributed by atoms with van der Waals surface area (Å²) in [6, 6.07) is 9.05. The highest BCUT2D eigenvalue weighted by Crippen LogP contribution is 2.32. The highest BCUT2D eigenvalue weighted by molar-refractivity contribution is 7.18. The van der Waals surface area contributed by atoms with E-state index in [1.165, 1.54) is 18.4 Å². The maximum atomic E-state index is 11.8. The van der Waals surface area contributed by atoms with E-state index in [9.17, 15) is 4.79 Å². The Morgan fingerprint density at radius 2 is 2.16 bits per heavy atom. The fourth-order valence-corrected chi connectivity index (χ4v) is 2.64. The fraction of sp³-hybridized carbons (Fsp3) is 0.312. The highest BCUT2D eigenvalue weighted by atomic mass is 31.0. The third-order valence-corrected chi connectivity index (χ3v) is 4.11. The molecule has 19 heavy (non-hydrogen) atoms. The van der Waals surface area contributed by atoms with Crippen LogP contribution in [0.5, 0.6) is 0 Å². The SMILES string of the molecule is C=C1/C(=C\COC(=O)c2ccccc2)CCCC1P. The molecule has 0 amide bonds. The van der Waals surface area contributed by atoms with E-state index in [0.717, 1.165) is 12.0 Å². The van der Waals surface area contributed by atoms with Gasteiger partial charge < -0.3 is 4.74 Å². The molecule has 0 aliphatic heterocycles. The zero-order valence-corrected chi connectivity index (χ0v) is 12.1. The average Bonchev–Trinajstić information content (AvgIpc) is 2.44. The Bertz CT molecular complexity index is 491. The van der Waals surface area contributed by atoms with Crippen LogP contribution in [0.4, 0.5) is 0 Å². The predicted octanol–water partition coefficient (Wildman–Crippen LogP) is 3.75. The molecule has 1 fully saturated rings. The van der Waals surface area contributed by atoms with Crippen molar-refractivity contribution in [2.24, 2.45) is 0 Å². The summed E-state index contributed by atoms with van der Waals surface area (Å²) in [4.78, 5) is 11.8. The van der Waals surface area contributed by atoms with Crippen LogP contribution in [0.2, 0.25) is 0 Å². The predicted molar refractivity (Wildman–Crippen MR) is 81.3 cm³/mol. The molecule has 0 aromatic heterocycles. The van der Waals surface area contributed by atoms with Gasteiger partial charge in [-0.05, 0) is 54.3 Å². The second-order valence-electron chi connectivity index (χ2n) is 4.72. The first kappa shape index (κ1) is 14.0. The molecule has 0 heterocycles. The van der Waals surface area contributed by atoms with E-state index in [1.54, 1.807) is 12.1 Å². The molecule has 0 bridgehead atoms. The number of ether oxygens (including phenoxy) is 1. The van der Waals surface area contributed by atoms with Gasteiger partial charge in [0.1, 0.15) is 6.61 Å². The van der Waals surface area contributed by atoms with Crippen LogP contribution in [0, 0.1) is 0 Å². The Kier molecular flexibility index (Phi) is 4.93. The van der Waals surface area contributed by atoms with E-state index in [4.69, 9.17) is 4.74 Å². The Morgan fingerprint density at radius 1 is 1.42 bits per heavy atom. The molecule has 1 aliphatic rings. The average molecular weight is 274 g/mol. The summed E-state index contributed by atoms with van der Waals surface area (Å²) in [6.07, 6.45) is 5.36. The van der Waals surface area contributed by atoms with E-state index in [0.29, 0.717) is 17.8 Å². The number of allylic oxidation sites excluding steroid dienone is 2. The van der Waals surface area contributed by atoms with Crippen LogP contribution < -0.4 is 0 Å². The highest BCUT2D eigenvalue weighted by Gasteiger charge is 2.17. The van der Waals surface area contributed by atoms with E-state index < -0.39 is 0 Å². The summed E-state index contributed by atoms with van der Waals surface area (Å²) in [5.74, 6) is -0.277. The molecule has 0 saturated heterocycles. The number of esters is 1. The smallest absolute Gasteiger partial charge is 0.338 e. The Morgan fingerprint density at radius 3 is 2.89 bits per heavy atom. The monoisotopic (exact) mass is 274 g/mol.